The highest BCUT2D eigenvalue weighted by Crippen LogP contribution is 2.56. The number of carboxylic acids is 1. The molecule has 142 valence electrons. The fourth-order valence-corrected chi connectivity index (χ4v) is 6.10. The molecule has 0 saturated carbocycles. The third kappa shape index (κ3) is 4.15. The van der Waals surface area contributed by atoms with E-state index in [1.807, 2.05) is 49.4 Å². The second-order valence-electron chi connectivity index (χ2n) is 6.86. The summed E-state index contributed by atoms with van der Waals surface area (Å²) in [4.78, 5) is 26.2. The highest BCUT2D eigenvalue weighted by molar-refractivity contribution is 7.58. The van der Waals surface area contributed by atoms with Crippen LogP contribution in [0.1, 0.15) is 36.8 Å². The molecule has 3 unspecified atom stereocenters. The zero-order valence-electron chi connectivity index (χ0n) is 15.2. The molecule has 0 spiro atoms. The van der Waals surface area contributed by atoms with Crippen LogP contribution in [-0.2, 0) is 15.5 Å². The number of fused-ring (bicyclic) bond motifs is 1. The zero-order chi connectivity index (χ0) is 19.4. The molecule has 0 aliphatic carbocycles. The van der Waals surface area contributed by atoms with E-state index in [4.69, 9.17) is 0 Å². The molecule has 0 amide bonds. The van der Waals surface area contributed by atoms with Crippen LogP contribution < -0.4 is 0 Å². The summed E-state index contributed by atoms with van der Waals surface area (Å²) in [5.41, 5.74) is 1.29. The minimum Gasteiger partial charge on any atom is -0.481 e. The molecule has 0 saturated heterocycles. The third-order valence-corrected chi connectivity index (χ3v) is 7.37. The Hall–Kier alpha value is -2.36. The molecule has 2 aromatic carbocycles. The van der Waals surface area contributed by atoms with Crippen LogP contribution in [0.25, 0.3) is 10.9 Å². The molecule has 0 aliphatic heterocycles. The number of aromatic amines is 1. The van der Waals surface area contributed by atoms with Crippen LogP contribution in [0.4, 0.5) is 0 Å². The fraction of sp³-hybridized carbons (Fsp3) is 0.286. The van der Waals surface area contributed by atoms with Gasteiger partial charge in [-0.2, -0.15) is 0 Å². The number of para-hydroxylation sites is 1. The molecule has 0 bridgehead atoms. The van der Waals surface area contributed by atoms with E-state index < -0.39 is 24.9 Å². The van der Waals surface area contributed by atoms with Gasteiger partial charge in [0.2, 0.25) is 7.37 Å². The van der Waals surface area contributed by atoms with E-state index in [9.17, 15) is 19.4 Å². The average Bonchev–Trinajstić information content (AvgIpc) is 3.05. The van der Waals surface area contributed by atoms with E-state index >= 15 is 0 Å². The van der Waals surface area contributed by atoms with Crippen molar-refractivity contribution in [1.82, 2.24) is 4.98 Å². The summed E-state index contributed by atoms with van der Waals surface area (Å²) in [7, 11) is -3.76. The largest absolute Gasteiger partial charge is 0.481 e. The van der Waals surface area contributed by atoms with Crippen molar-refractivity contribution in [2.75, 3.05) is 0 Å². The Morgan fingerprint density at radius 3 is 2.44 bits per heavy atom. The van der Waals surface area contributed by atoms with Gasteiger partial charge >= 0.3 is 5.97 Å². The smallest absolute Gasteiger partial charge is 0.311 e. The lowest BCUT2D eigenvalue weighted by molar-refractivity contribution is -0.138. The summed E-state index contributed by atoms with van der Waals surface area (Å²) in [6.07, 6.45) is 2.65. The van der Waals surface area contributed by atoms with Crippen LogP contribution in [0.15, 0.2) is 60.8 Å². The van der Waals surface area contributed by atoms with Crippen LogP contribution in [0.3, 0.4) is 0 Å². The van der Waals surface area contributed by atoms with Crippen molar-refractivity contribution in [2.45, 2.75) is 37.5 Å². The first-order valence-corrected chi connectivity index (χ1v) is 11.0. The molecule has 6 heteroatoms. The minimum atomic E-state index is -3.76. The Bertz CT molecular complexity index is 966. The van der Waals surface area contributed by atoms with Crippen molar-refractivity contribution < 1.29 is 19.4 Å². The molecule has 0 radical (unpaired) electrons. The zero-order valence-corrected chi connectivity index (χ0v) is 16.1. The van der Waals surface area contributed by atoms with Gasteiger partial charge in [0.15, 0.2) is 0 Å². The van der Waals surface area contributed by atoms with Crippen molar-refractivity contribution >= 4 is 24.2 Å². The van der Waals surface area contributed by atoms with Gasteiger partial charge in [-0.3, -0.25) is 9.36 Å². The molecule has 3 rings (SSSR count). The Morgan fingerprint density at radius 2 is 1.78 bits per heavy atom. The molecular formula is C21H24NO4P. The summed E-state index contributed by atoms with van der Waals surface area (Å²) in [5, 5.41) is 10.8. The van der Waals surface area contributed by atoms with Gasteiger partial charge in [-0.25, -0.2) is 0 Å². The quantitative estimate of drug-likeness (QED) is 0.477. The third-order valence-electron chi connectivity index (χ3n) is 4.96. The van der Waals surface area contributed by atoms with Crippen molar-refractivity contribution in [2.24, 2.45) is 0 Å². The van der Waals surface area contributed by atoms with Gasteiger partial charge in [0, 0.05) is 23.3 Å². The lowest BCUT2D eigenvalue weighted by atomic mass is 9.92. The first-order valence-electron chi connectivity index (χ1n) is 9.08. The van der Waals surface area contributed by atoms with E-state index in [0.29, 0.717) is 18.4 Å². The molecule has 0 fully saturated rings. The molecule has 3 aromatic rings. The summed E-state index contributed by atoms with van der Waals surface area (Å²) in [6.45, 7) is 1.91. The maximum absolute atomic E-state index is 13.3. The molecule has 3 atom stereocenters. The molecule has 1 aromatic heterocycles. The second-order valence-corrected chi connectivity index (χ2v) is 9.35. The number of hydrogen-bond donors (Lipinski definition) is 3. The molecular weight excluding hydrogens is 361 g/mol. The van der Waals surface area contributed by atoms with Gasteiger partial charge < -0.3 is 15.0 Å². The van der Waals surface area contributed by atoms with Gasteiger partial charge in [0.05, 0.1) is 11.6 Å². The lowest BCUT2D eigenvalue weighted by Crippen LogP contribution is -2.27. The van der Waals surface area contributed by atoms with Crippen LogP contribution in [0.2, 0.25) is 0 Å². The number of carbonyl (C=O) groups is 1. The number of aromatic nitrogens is 1. The number of carboxylic acid groups (broad SMARTS) is 1. The van der Waals surface area contributed by atoms with Gasteiger partial charge in [0.25, 0.3) is 0 Å². The van der Waals surface area contributed by atoms with Gasteiger partial charge in [-0.1, -0.05) is 61.9 Å². The number of benzene rings is 2. The van der Waals surface area contributed by atoms with E-state index in [2.05, 4.69) is 4.98 Å². The van der Waals surface area contributed by atoms with E-state index in [-0.39, 0.29) is 6.16 Å². The molecule has 1 heterocycles. The van der Waals surface area contributed by atoms with E-state index in [0.717, 1.165) is 16.5 Å². The minimum absolute atomic E-state index is 0.0232. The van der Waals surface area contributed by atoms with Gasteiger partial charge in [-0.15, -0.1) is 0 Å². The SMILES string of the molecule is CCCC(C(C(=O)O)c1c[nH]c2ccccc12)P(=O)(O)Cc1ccccc1. The van der Waals surface area contributed by atoms with Crippen LogP contribution in [-0.4, -0.2) is 26.6 Å². The lowest BCUT2D eigenvalue weighted by Gasteiger charge is -2.28. The standard InChI is InChI=1S/C21H24NO4P/c1-2-8-19(27(25,26)14-15-9-4-3-5-10-15)20(21(23)24)17-13-22-18-12-7-6-11-16(17)18/h3-7,9-13,19-20,22H,2,8,14H2,1H3,(H,23,24)(H,25,26). The Labute approximate surface area is 158 Å². The maximum atomic E-state index is 13.3. The van der Waals surface area contributed by atoms with E-state index in [1.165, 1.54) is 0 Å². The first-order chi connectivity index (χ1) is 12.9. The summed E-state index contributed by atoms with van der Waals surface area (Å²) >= 11 is 0. The number of hydrogen-bond acceptors (Lipinski definition) is 2. The van der Waals surface area contributed by atoms with Gasteiger partial charge in [0.1, 0.15) is 0 Å². The highest BCUT2D eigenvalue weighted by Gasteiger charge is 2.42. The van der Waals surface area contributed by atoms with Crippen LogP contribution in [0, 0.1) is 0 Å². The highest BCUT2D eigenvalue weighted by atomic mass is 31.2. The predicted octanol–water partition coefficient (Wildman–Crippen LogP) is 4.98. The Morgan fingerprint density at radius 1 is 1.11 bits per heavy atom. The molecule has 5 nitrogen and oxygen atoms in total. The summed E-state index contributed by atoms with van der Waals surface area (Å²) in [6, 6.07) is 16.5. The molecule has 3 N–H and O–H groups in total. The maximum Gasteiger partial charge on any atom is 0.311 e. The predicted molar refractivity (Wildman–Crippen MR) is 107 cm³/mol. The number of H-pyrrole nitrogens is 1. The van der Waals surface area contributed by atoms with Crippen molar-refractivity contribution in [3.8, 4) is 0 Å². The Balaban J connectivity index is 2.04. The average molecular weight is 385 g/mol. The van der Waals surface area contributed by atoms with Gasteiger partial charge in [-0.05, 0) is 23.6 Å². The number of nitrogens with one attached hydrogen (secondary N) is 1. The first kappa shape index (κ1) is 19.4. The summed E-state index contributed by atoms with van der Waals surface area (Å²) < 4.78 is 13.3. The fourth-order valence-electron chi connectivity index (χ4n) is 3.72. The normalized spacial score (nSPS) is 15.9. The van der Waals surface area contributed by atoms with Crippen molar-refractivity contribution in [3.63, 3.8) is 0 Å². The van der Waals surface area contributed by atoms with Crippen LogP contribution >= 0.6 is 7.37 Å². The molecule has 0 aliphatic rings. The number of aliphatic carboxylic acids is 1. The number of rotatable bonds is 8. The van der Waals surface area contributed by atoms with Crippen molar-refractivity contribution in [3.05, 3.63) is 71.9 Å². The summed E-state index contributed by atoms with van der Waals surface area (Å²) in [5.74, 6) is -2.11. The topological polar surface area (TPSA) is 90.4 Å². The second kappa shape index (κ2) is 8.12. The monoisotopic (exact) mass is 385 g/mol. The molecule has 27 heavy (non-hydrogen) atoms. The van der Waals surface area contributed by atoms with E-state index in [1.54, 1.807) is 18.3 Å². The van der Waals surface area contributed by atoms with Crippen LogP contribution in [0.5, 0.6) is 0 Å². The van der Waals surface area contributed by atoms with Crippen molar-refractivity contribution in [1.29, 1.82) is 0 Å². The Kier molecular flexibility index (Phi) is 5.83.